The number of carbonyl (C=O) groups excluding carboxylic acids is 1. The number of nitrogens with zero attached hydrogens (tertiary/aromatic N) is 2. The highest BCUT2D eigenvalue weighted by Gasteiger charge is 2.29. The minimum Gasteiger partial charge on any atom is -0.393 e. The van der Waals surface area contributed by atoms with Gasteiger partial charge in [0.15, 0.2) is 0 Å². The Bertz CT molecular complexity index is 476. The molecule has 5 heteroatoms. The Morgan fingerprint density at radius 1 is 1.62 bits per heavy atom. The third-order valence-corrected chi connectivity index (χ3v) is 4.06. The Labute approximate surface area is 126 Å². The van der Waals surface area contributed by atoms with Crippen molar-refractivity contribution in [3.05, 3.63) is 29.6 Å². The first-order valence-corrected chi connectivity index (χ1v) is 7.70. The zero-order chi connectivity index (χ0) is 15.2. The summed E-state index contributed by atoms with van der Waals surface area (Å²) in [5, 5.41) is 12.5. The number of aliphatic hydroxyl groups excluding tert-OH is 1. The maximum atomic E-state index is 12.2. The van der Waals surface area contributed by atoms with Gasteiger partial charge in [0.25, 0.3) is 0 Å². The molecule has 0 aliphatic carbocycles. The first-order valence-electron chi connectivity index (χ1n) is 7.70. The number of aromatic nitrogens is 1. The second-order valence-corrected chi connectivity index (χ2v) is 5.86. The van der Waals surface area contributed by atoms with Crippen molar-refractivity contribution in [1.29, 1.82) is 0 Å². The van der Waals surface area contributed by atoms with Gasteiger partial charge in [-0.15, -0.1) is 0 Å². The summed E-state index contributed by atoms with van der Waals surface area (Å²) < 4.78 is 0. The van der Waals surface area contributed by atoms with Crippen LogP contribution in [0.3, 0.4) is 0 Å². The van der Waals surface area contributed by atoms with E-state index in [2.05, 4.69) is 10.3 Å². The van der Waals surface area contributed by atoms with Gasteiger partial charge >= 0.3 is 6.03 Å². The molecule has 1 aliphatic heterocycles. The molecular weight excluding hydrogens is 266 g/mol. The van der Waals surface area contributed by atoms with E-state index in [-0.39, 0.29) is 18.2 Å². The third-order valence-electron chi connectivity index (χ3n) is 4.06. The number of hydrogen-bond donors (Lipinski definition) is 2. The van der Waals surface area contributed by atoms with Crippen LogP contribution in [0.4, 0.5) is 4.79 Å². The second kappa shape index (κ2) is 7.41. The van der Waals surface area contributed by atoms with Crippen molar-refractivity contribution in [2.75, 3.05) is 13.1 Å². The molecule has 21 heavy (non-hydrogen) atoms. The first-order chi connectivity index (χ1) is 10.1. The van der Waals surface area contributed by atoms with Gasteiger partial charge in [0, 0.05) is 31.5 Å². The monoisotopic (exact) mass is 291 g/mol. The number of pyridine rings is 1. The Morgan fingerprint density at radius 3 is 3.14 bits per heavy atom. The molecule has 2 heterocycles. The summed E-state index contributed by atoms with van der Waals surface area (Å²) in [5.74, 6) is 0. The van der Waals surface area contributed by atoms with Crippen molar-refractivity contribution < 1.29 is 9.90 Å². The van der Waals surface area contributed by atoms with Gasteiger partial charge in [-0.25, -0.2) is 4.79 Å². The van der Waals surface area contributed by atoms with Gasteiger partial charge in [-0.2, -0.15) is 0 Å². The molecule has 2 unspecified atom stereocenters. The number of likely N-dealkylation sites (tertiary alicyclic amines) is 1. The van der Waals surface area contributed by atoms with Crippen LogP contribution < -0.4 is 5.32 Å². The molecule has 2 N–H and O–H groups in total. The number of urea groups is 1. The van der Waals surface area contributed by atoms with Crippen LogP contribution in [0.15, 0.2) is 18.5 Å². The van der Waals surface area contributed by atoms with Crippen LogP contribution in [-0.4, -0.2) is 46.3 Å². The molecule has 2 rings (SSSR count). The molecule has 0 saturated carbocycles. The van der Waals surface area contributed by atoms with Crippen LogP contribution in [0, 0.1) is 6.92 Å². The lowest BCUT2D eigenvalue weighted by Crippen LogP contribution is -2.44. The molecule has 0 aromatic carbocycles. The van der Waals surface area contributed by atoms with E-state index in [0.29, 0.717) is 13.0 Å². The minimum absolute atomic E-state index is 0.00939. The molecule has 2 amide bonds. The largest absolute Gasteiger partial charge is 0.393 e. The van der Waals surface area contributed by atoms with E-state index >= 15 is 0 Å². The van der Waals surface area contributed by atoms with Gasteiger partial charge in [-0.3, -0.25) is 4.98 Å². The highest BCUT2D eigenvalue weighted by Crippen LogP contribution is 2.21. The van der Waals surface area contributed by atoms with Gasteiger partial charge in [0.2, 0.25) is 0 Å². The Hall–Kier alpha value is -1.62. The molecule has 5 nitrogen and oxygen atoms in total. The van der Waals surface area contributed by atoms with Crippen molar-refractivity contribution in [2.24, 2.45) is 0 Å². The SMILES string of the molecule is Cc1cnccc1CCNC(=O)N1CCCC1CC(C)O. The fourth-order valence-electron chi connectivity index (χ4n) is 2.93. The van der Waals surface area contributed by atoms with E-state index < -0.39 is 0 Å². The molecular formula is C16H25N3O2. The zero-order valence-electron chi connectivity index (χ0n) is 12.9. The van der Waals surface area contributed by atoms with E-state index in [0.717, 1.165) is 31.4 Å². The van der Waals surface area contributed by atoms with E-state index in [1.807, 2.05) is 24.1 Å². The van der Waals surface area contributed by atoms with Gasteiger partial charge in [0.05, 0.1) is 6.10 Å². The van der Waals surface area contributed by atoms with Crippen LogP contribution in [0.25, 0.3) is 0 Å². The van der Waals surface area contributed by atoms with E-state index in [1.54, 1.807) is 13.1 Å². The Balaban J connectivity index is 1.80. The number of carbonyl (C=O) groups is 1. The Morgan fingerprint density at radius 2 is 2.43 bits per heavy atom. The molecule has 1 aromatic heterocycles. The van der Waals surface area contributed by atoms with E-state index in [1.165, 1.54) is 5.56 Å². The van der Waals surface area contributed by atoms with Crippen LogP contribution >= 0.6 is 0 Å². The van der Waals surface area contributed by atoms with Crippen LogP contribution in [0.1, 0.15) is 37.3 Å². The lowest BCUT2D eigenvalue weighted by atomic mass is 10.1. The standard InChI is InChI=1S/C16H25N3O2/c1-12-11-17-7-5-14(12)6-8-18-16(21)19-9-3-4-15(19)10-13(2)20/h5,7,11,13,15,20H,3-4,6,8-10H2,1-2H3,(H,18,21). The molecule has 0 bridgehead atoms. The number of rotatable bonds is 5. The van der Waals surface area contributed by atoms with Crippen molar-refractivity contribution in [1.82, 2.24) is 15.2 Å². The van der Waals surface area contributed by atoms with Crippen molar-refractivity contribution in [2.45, 2.75) is 51.7 Å². The van der Waals surface area contributed by atoms with Crippen LogP contribution in [0.5, 0.6) is 0 Å². The van der Waals surface area contributed by atoms with Crippen LogP contribution in [-0.2, 0) is 6.42 Å². The maximum absolute atomic E-state index is 12.2. The highest BCUT2D eigenvalue weighted by molar-refractivity contribution is 5.74. The second-order valence-electron chi connectivity index (χ2n) is 5.86. The Kier molecular flexibility index (Phi) is 5.56. The predicted octanol–water partition coefficient (Wildman–Crippen LogP) is 1.88. The fraction of sp³-hybridized carbons (Fsp3) is 0.625. The van der Waals surface area contributed by atoms with E-state index in [4.69, 9.17) is 0 Å². The zero-order valence-corrected chi connectivity index (χ0v) is 12.9. The quantitative estimate of drug-likeness (QED) is 0.870. The smallest absolute Gasteiger partial charge is 0.317 e. The molecule has 1 fully saturated rings. The average molecular weight is 291 g/mol. The number of amides is 2. The first kappa shape index (κ1) is 15.8. The number of hydrogen-bond acceptors (Lipinski definition) is 3. The summed E-state index contributed by atoms with van der Waals surface area (Å²) in [6, 6.07) is 2.16. The fourth-order valence-corrected chi connectivity index (χ4v) is 2.93. The number of nitrogens with one attached hydrogen (secondary N) is 1. The van der Waals surface area contributed by atoms with Crippen molar-refractivity contribution in [3.8, 4) is 0 Å². The number of aryl methyl sites for hydroxylation is 1. The predicted molar refractivity (Wildman–Crippen MR) is 82.1 cm³/mol. The molecule has 1 saturated heterocycles. The highest BCUT2D eigenvalue weighted by atomic mass is 16.3. The van der Waals surface area contributed by atoms with Crippen LogP contribution in [0.2, 0.25) is 0 Å². The summed E-state index contributed by atoms with van der Waals surface area (Å²) >= 11 is 0. The van der Waals surface area contributed by atoms with Crippen molar-refractivity contribution in [3.63, 3.8) is 0 Å². The van der Waals surface area contributed by atoms with Gasteiger partial charge in [-0.05, 0) is 56.7 Å². The average Bonchev–Trinajstić information content (AvgIpc) is 2.88. The summed E-state index contributed by atoms with van der Waals surface area (Å²) in [5.41, 5.74) is 2.37. The minimum atomic E-state index is -0.358. The summed E-state index contributed by atoms with van der Waals surface area (Å²) in [7, 11) is 0. The molecule has 1 aromatic rings. The van der Waals surface area contributed by atoms with Gasteiger partial charge < -0.3 is 15.3 Å². The summed E-state index contributed by atoms with van der Waals surface area (Å²) in [4.78, 5) is 18.2. The molecule has 2 atom stereocenters. The number of aliphatic hydroxyl groups is 1. The molecule has 0 radical (unpaired) electrons. The maximum Gasteiger partial charge on any atom is 0.317 e. The van der Waals surface area contributed by atoms with Gasteiger partial charge in [0.1, 0.15) is 0 Å². The molecule has 116 valence electrons. The molecule has 0 spiro atoms. The normalized spacial score (nSPS) is 19.6. The summed E-state index contributed by atoms with van der Waals surface area (Å²) in [6.07, 6.45) is 6.75. The lowest BCUT2D eigenvalue weighted by molar-refractivity contribution is 0.138. The van der Waals surface area contributed by atoms with E-state index in [9.17, 15) is 9.90 Å². The lowest BCUT2D eigenvalue weighted by Gasteiger charge is -2.26. The van der Waals surface area contributed by atoms with Gasteiger partial charge in [-0.1, -0.05) is 0 Å². The topological polar surface area (TPSA) is 65.5 Å². The van der Waals surface area contributed by atoms with Crippen molar-refractivity contribution >= 4 is 6.03 Å². The third kappa shape index (κ3) is 4.43. The summed E-state index contributed by atoms with van der Waals surface area (Å²) in [6.45, 7) is 5.23. The molecule has 1 aliphatic rings.